The van der Waals surface area contributed by atoms with Crippen LogP contribution in [0.2, 0.25) is 0 Å². The fraction of sp³-hybridized carbons (Fsp3) is 0.348. The molecule has 0 radical (unpaired) electrons. The van der Waals surface area contributed by atoms with Gasteiger partial charge in [0, 0.05) is 24.6 Å². The predicted octanol–water partition coefficient (Wildman–Crippen LogP) is 4.05. The first-order chi connectivity index (χ1) is 14.0. The number of nitrogens with zero attached hydrogens (tertiary/aromatic N) is 2. The van der Waals surface area contributed by atoms with Crippen molar-refractivity contribution in [3.05, 3.63) is 64.2 Å². The smallest absolute Gasteiger partial charge is 0.251 e. The molecule has 1 aliphatic rings. The lowest BCUT2D eigenvalue weighted by Crippen LogP contribution is -2.44. The van der Waals surface area contributed by atoms with Crippen LogP contribution in [0.5, 0.6) is 0 Å². The molecule has 2 amide bonds. The summed E-state index contributed by atoms with van der Waals surface area (Å²) in [5, 5.41) is 3.88. The van der Waals surface area contributed by atoms with Gasteiger partial charge in [0.1, 0.15) is 0 Å². The Labute approximate surface area is 174 Å². The molecule has 1 saturated heterocycles. The van der Waals surface area contributed by atoms with Crippen molar-refractivity contribution < 1.29 is 9.59 Å². The molecule has 0 aliphatic carbocycles. The van der Waals surface area contributed by atoms with E-state index in [1.54, 1.807) is 17.4 Å². The molecular weight excluding hydrogens is 382 g/mol. The Morgan fingerprint density at radius 1 is 1.17 bits per heavy atom. The maximum absolute atomic E-state index is 12.7. The number of aryl methyl sites for hydroxylation is 2. The minimum Gasteiger partial charge on any atom is -0.343 e. The minimum atomic E-state index is -0.207. The zero-order valence-corrected chi connectivity index (χ0v) is 17.6. The van der Waals surface area contributed by atoms with Gasteiger partial charge in [0.05, 0.1) is 21.8 Å². The Morgan fingerprint density at radius 3 is 2.79 bits per heavy atom. The van der Waals surface area contributed by atoms with Gasteiger partial charge in [-0.25, -0.2) is 4.98 Å². The number of para-hydroxylation sites is 1. The topological polar surface area (TPSA) is 62.3 Å². The van der Waals surface area contributed by atoms with Crippen molar-refractivity contribution in [2.45, 2.75) is 32.6 Å². The Hall–Kier alpha value is -2.73. The molecule has 1 fully saturated rings. The third-order valence-corrected chi connectivity index (χ3v) is 6.80. The van der Waals surface area contributed by atoms with Crippen molar-refractivity contribution in [1.29, 1.82) is 0 Å². The highest BCUT2D eigenvalue weighted by atomic mass is 32.1. The van der Waals surface area contributed by atoms with E-state index in [1.807, 2.05) is 49.1 Å². The first kappa shape index (κ1) is 19.6. The second-order valence-corrected chi connectivity index (χ2v) is 8.74. The number of carbonyl (C=O) groups excluding carboxylic acids is 2. The maximum atomic E-state index is 12.7. The van der Waals surface area contributed by atoms with Gasteiger partial charge in [0.25, 0.3) is 5.91 Å². The predicted molar refractivity (Wildman–Crippen MR) is 116 cm³/mol. The molecule has 150 valence electrons. The number of fused-ring (bicyclic) bond motifs is 1. The van der Waals surface area contributed by atoms with Crippen LogP contribution in [0, 0.1) is 13.8 Å². The number of piperidine rings is 1. The Balaban J connectivity index is 1.37. The van der Waals surface area contributed by atoms with Crippen LogP contribution >= 0.6 is 11.3 Å². The quantitative estimate of drug-likeness (QED) is 0.710. The summed E-state index contributed by atoms with van der Waals surface area (Å²) < 4.78 is 1.19. The Morgan fingerprint density at radius 2 is 2.00 bits per heavy atom. The number of likely N-dealkylation sites (tertiary alicyclic amines) is 1. The van der Waals surface area contributed by atoms with E-state index in [2.05, 4.69) is 11.4 Å². The van der Waals surface area contributed by atoms with E-state index in [4.69, 9.17) is 4.98 Å². The zero-order chi connectivity index (χ0) is 20.4. The number of nitrogens with one attached hydrogen (secondary N) is 1. The first-order valence-corrected chi connectivity index (χ1v) is 10.8. The van der Waals surface area contributed by atoms with Crippen LogP contribution in [0.4, 0.5) is 0 Å². The Kier molecular flexibility index (Phi) is 5.62. The minimum absolute atomic E-state index is 0.0261. The molecule has 2 aromatic carbocycles. The molecule has 0 spiro atoms. The molecular formula is C23H25N3O2S. The lowest BCUT2D eigenvalue weighted by Gasteiger charge is -2.32. The molecule has 3 aromatic rings. The van der Waals surface area contributed by atoms with Gasteiger partial charge >= 0.3 is 0 Å². The standard InChI is InChI=1S/C23H25N3O2S/c1-15-9-10-17(12-16(15)2)22(28)24-13-21(27)26-11-5-6-18(14-26)23-25-19-7-3-4-8-20(19)29-23/h3-4,7-10,12,18H,5-6,11,13-14H2,1-2H3,(H,24,28)/t18-/m1/s1. The number of benzene rings is 2. The SMILES string of the molecule is Cc1ccc(C(=O)NCC(=O)N2CCC[C@@H](c3nc4ccccc4s3)C2)cc1C. The van der Waals surface area contributed by atoms with Crippen molar-refractivity contribution in [2.75, 3.05) is 19.6 Å². The van der Waals surface area contributed by atoms with Crippen LogP contribution in [0.3, 0.4) is 0 Å². The summed E-state index contributed by atoms with van der Waals surface area (Å²) in [6.07, 6.45) is 2.00. The van der Waals surface area contributed by atoms with Crippen molar-refractivity contribution in [3.63, 3.8) is 0 Å². The molecule has 2 heterocycles. The monoisotopic (exact) mass is 407 g/mol. The lowest BCUT2D eigenvalue weighted by atomic mass is 9.98. The average Bonchev–Trinajstić information content (AvgIpc) is 3.18. The summed E-state index contributed by atoms with van der Waals surface area (Å²) in [4.78, 5) is 31.7. The number of thiazole rings is 1. The molecule has 1 N–H and O–H groups in total. The number of amides is 2. The van der Waals surface area contributed by atoms with Crippen LogP contribution in [0.1, 0.15) is 45.3 Å². The van der Waals surface area contributed by atoms with E-state index < -0.39 is 0 Å². The first-order valence-electron chi connectivity index (χ1n) is 10.00. The molecule has 4 rings (SSSR count). The fourth-order valence-corrected chi connectivity index (χ4v) is 4.82. The molecule has 0 saturated carbocycles. The molecule has 6 heteroatoms. The molecule has 0 bridgehead atoms. The van der Waals surface area contributed by atoms with Gasteiger partial charge in [-0.1, -0.05) is 18.2 Å². The zero-order valence-electron chi connectivity index (χ0n) is 16.8. The van der Waals surface area contributed by atoms with Crippen LogP contribution in [0.25, 0.3) is 10.2 Å². The number of carbonyl (C=O) groups is 2. The number of hydrogen-bond acceptors (Lipinski definition) is 4. The number of aromatic nitrogens is 1. The summed E-state index contributed by atoms with van der Waals surface area (Å²) in [6.45, 7) is 5.42. The van der Waals surface area contributed by atoms with Crippen LogP contribution in [-0.4, -0.2) is 41.3 Å². The fourth-order valence-electron chi connectivity index (χ4n) is 3.72. The largest absolute Gasteiger partial charge is 0.343 e. The summed E-state index contributed by atoms with van der Waals surface area (Å²) in [6, 6.07) is 13.7. The van der Waals surface area contributed by atoms with Crippen molar-refractivity contribution >= 4 is 33.4 Å². The van der Waals surface area contributed by atoms with Gasteiger partial charge in [0.15, 0.2) is 0 Å². The highest BCUT2D eigenvalue weighted by molar-refractivity contribution is 7.18. The van der Waals surface area contributed by atoms with E-state index in [0.717, 1.165) is 41.0 Å². The summed E-state index contributed by atoms with van der Waals surface area (Å²) >= 11 is 1.72. The average molecular weight is 408 g/mol. The van der Waals surface area contributed by atoms with Gasteiger partial charge in [-0.15, -0.1) is 11.3 Å². The van der Waals surface area contributed by atoms with Crippen molar-refractivity contribution in [2.24, 2.45) is 0 Å². The van der Waals surface area contributed by atoms with E-state index in [1.165, 1.54) is 4.70 Å². The number of rotatable bonds is 4. The van der Waals surface area contributed by atoms with Gasteiger partial charge in [-0.2, -0.15) is 0 Å². The van der Waals surface area contributed by atoms with E-state index in [-0.39, 0.29) is 24.3 Å². The summed E-state index contributed by atoms with van der Waals surface area (Å²) in [5.74, 6) is 0.0229. The second-order valence-electron chi connectivity index (χ2n) is 7.68. The third kappa shape index (κ3) is 4.32. The number of hydrogen-bond donors (Lipinski definition) is 1. The second kappa shape index (κ2) is 8.33. The lowest BCUT2D eigenvalue weighted by molar-refractivity contribution is -0.131. The normalized spacial score (nSPS) is 16.8. The molecule has 1 aliphatic heterocycles. The molecule has 29 heavy (non-hydrogen) atoms. The van der Waals surface area contributed by atoms with Gasteiger partial charge in [-0.3, -0.25) is 9.59 Å². The van der Waals surface area contributed by atoms with E-state index in [0.29, 0.717) is 12.1 Å². The summed E-state index contributed by atoms with van der Waals surface area (Å²) in [7, 11) is 0. The molecule has 1 aromatic heterocycles. The van der Waals surface area contributed by atoms with Crippen LogP contribution < -0.4 is 5.32 Å². The van der Waals surface area contributed by atoms with Crippen LogP contribution in [0.15, 0.2) is 42.5 Å². The van der Waals surface area contributed by atoms with E-state index in [9.17, 15) is 9.59 Å². The Bertz CT molecular complexity index is 1030. The van der Waals surface area contributed by atoms with Crippen molar-refractivity contribution in [1.82, 2.24) is 15.2 Å². The van der Waals surface area contributed by atoms with Crippen molar-refractivity contribution in [3.8, 4) is 0 Å². The highest BCUT2D eigenvalue weighted by Crippen LogP contribution is 2.32. The molecule has 5 nitrogen and oxygen atoms in total. The van der Waals surface area contributed by atoms with E-state index >= 15 is 0 Å². The van der Waals surface area contributed by atoms with Gasteiger partial charge < -0.3 is 10.2 Å². The molecule has 1 atom stereocenters. The maximum Gasteiger partial charge on any atom is 0.251 e. The third-order valence-electron chi connectivity index (χ3n) is 5.60. The molecule has 0 unspecified atom stereocenters. The van der Waals surface area contributed by atoms with Crippen LogP contribution in [-0.2, 0) is 4.79 Å². The highest BCUT2D eigenvalue weighted by Gasteiger charge is 2.27. The van der Waals surface area contributed by atoms with Gasteiger partial charge in [-0.05, 0) is 62.1 Å². The summed E-state index contributed by atoms with van der Waals surface area (Å²) in [5.41, 5.74) is 3.83. The van der Waals surface area contributed by atoms with Gasteiger partial charge in [0.2, 0.25) is 5.91 Å².